The average molecular weight is 394 g/mol. The minimum Gasteiger partial charge on any atom is -0.337 e. The van der Waals surface area contributed by atoms with Gasteiger partial charge in [-0.25, -0.2) is 0 Å². The maximum atomic E-state index is 2.39. The normalized spacial score (nSPS) is 13.8. The van der Waals surface area contributed by atoms with Gasteiger partial charge in [0.15, 0.2) is 0 Å². The van der Waals surface area contributed by atoms with E-state index in [1.165, 1.54) is 33.6 Å². The summed E-state index contributed by atoms with van der Waals surface area (Å²) in [7, 11) is 0. The summed E-state index contributed by atoms with van der Waals surface area (Å²) in [6.45, 7) is 7.63. The Morgan fingerprint density at radius 3 is 2.03 bits per heavy atom. The van der Waals surface area contributed by atoms with Gasteiger partial charge in [-0.05, 0) is 64.8 Å². The molecule has 3 aromatic rings. The molecule has 0 aliphatic heterocycles. The van der Waals surface area contributed by atoms with E-state index < -0.39 is 0 Å². The number of benzene rings is 3. The van der Waals surface area contributed by atoms with Crippen molar-refractivity contribution in [3.8, 4) is 0 Å². The first-order valence-corrected chi connectivity index (χ1v) is 10.9. The topological polar surface area (TPSA) is 3.24 Å². The molecular weight excluding hydrogens is 362 g/mol. The van der Waals surface area contributed by atoms with E-state index in [9.17, 15) is 0 Å². The van der Waals surface area contributed by atoms with Gasteiger partial charge in [0.2, 0.25) is 0 Å². The van der Waals surface area contributed by atoms with Gasteiger partial charge in [0.1, 0.15) is 0 Å². The van der Waals surface area contributed by atoms with Gasteiger partial charge in [0.25, 0.3) is 0 Å². The molecule has 0 saturated carbocycles. The summed E-state index contributed by atoms with van der Waals surface area (Å²) in [6, 6.07) is 28.8. The van der Waals surface area contributed by atoms with E-state index in [0.29, 0.717) is 0 Å². The fraction of sp³-hybridized carbons (Fsp3) is 0.241. The highest BCUT2D eigenvalue weighted by Gasteiger charge is 2.15. The lowest BCUT2D eigenvalue weighted by Gasteiger charge is -2.26. The van der Waals surface area contributed by atoms with Crippen molar-refractivity contribution < 1.29 is 0 Å². The van der Waals surface area contributed by atoms with E-state index in [0.717, 1.165) is 19.4 Å². The van der Waals surface area contributed by atoms with Crippen LogP contribution in [0.4, 0.5) is 11.4 Å². The van der Waals surface area contributed by atoms with Crippen molar-refractivity contribution in [3.05, 3.63) is 114 Å². The zero-order valence-corrected chi connectivity index (χ0v) is 18.3. The molecule has 0 N–H and O–H groups in total. The van der Waals surface area contributed by atoms with E-state index >= 15 is 0 Å². The minimum atomic E-state index is 0.177. The lowest BCUT2D eigenvalue weighted by atomic mass is 9.87. The Kier molecular flexibility index (Phi) is 5.90. The number of hydrogen-bond donors (Lipinski definition) is 0. The molecule has 0 fully saturated rings. The second-order valence-corrected chi connectivity index (χ2v) is 9.07. The summed E-state index contributed by atoms with van der Waals surface area (Å²) in [4.78, 5) is 2.39. The predicted molar refractivity (Wildman–Crippen MR) is 130 cm³/mol. The largest absolute Gasteiger partial charge is 0.337 e. The van der Waals surface area contributed by atoms with Crippen LogP contribution < -0.4 is 4.90 Å². The molecule has 0 spiro atoms. The van der Waals surface area contributed by atoms with Gasteiger partial charge in [-0.3, -0.25) is 0 Å². The van der Waals surface area contributed by atoms with E-state index in [2.05, 4.69) is 123 Å². The van der Waals surface area contributed by atoms with Crippen LogP contribution in [0, 0.1) is 0 Å². The van der Waals surface area contributed by atoms with Gasteiger partial charge in [-0.1, -0.05) is 93.6 Å². The van der Waals surface area contributed by atoms with Crippen molar-refractivity contribution in [1.29, 1.82) is 0 Å². The summed E-state index contributed by atoms with van der Waals surface area (Å²) in [5.74, 6) is 0. The molecule has 152 valence electrons. The standard InChI is InChI=1S/C29H31N/c1-29(2,3)26-18-14-23(15-19-26)22-30(27-12-8-5-9-13-27)28-20-16-25(17-21-28)24-10-6-4-7-11-24/h4-6,8-10,12-21H,7,11,22H2,1-3H3. The SMILES string of the molecule is CC(C)(C)c1ccc(CN(c2ccccc2)c2ccc(C3=CC=CCC3)cc2)cc1. The molecule has 1 aliphatic rings. The first kappa shape index (κ1) is 20.2. The third kappa shape index (κ3) is 4.74. The zero-order valence-electron chi connectivity index (χ0n) is 18.3. The lowest BCUT2D eigenvalue weighted by molar-refractivity contribution is 0.590. The van der Waals surface area contributed by atoms with E-state index in [4.69, 9.17) is 0 Å². The van der Waals surface area contributed by atoms with Crippen LogP contribution >= 0.6 is 0 Å². The highest BCUT2D eigenvalue weighted by atomic mass is 15.1. The van der Waals surface area contributed by atoms with Crippen molar-refractivity contribution in [3.63, 3.8) is 0 Å². The first-order valence-electron chi connectivity index (χ1n) is 10.9. The zero-order chi connectivity index (χ0) is 21.0. The molecule has 1 heteroatoms. The quantitative estimate of drug-likeness (QED) is 0.424. The molecule has 0 atom stereocenters. The van der Waals surface area contributed by atoms with Gasteiger partial charge in [0.05, 0.1) is 0 Å². The van der Waals surface area contributed by atoms with Crippen LogP contribution in [0.2, 0.25) is 0 Å². The van der Waals surface area contributed by atoms with Gasteiger partial charge >= 0.3 is 0 Å². The van der Waals surface area contributed by atoms with Gasteiger partial charge in [-0.2, -0.15) is 0 Å². The van der Waals surface area contributed by atoms with Crippen LogP contribution in [-0.2, 0) is 12.0 Å². The van der Waals surface area contributed by atoms with E-state index in [-0.39, 0.29) is 5.41 Å². The number of anilines is 2. The average Bonchev–Trinajstić information content (AvgIpc) is 2.78. The van der Waals surface area contributed by atoms with Crippen LogP contribution in [-0.4, -0.2) is 0 Å². The Balaban J connectivity index is 1.62. The lowest BCUT2D eigenvalue weighted by Crippen LogP contribution is -2.17. The van der Waals surface area contributed by atoms with E-state index in [1.54, 1.807) is 0 Å². The smallest absolute Gasteiger partial charge is 0.0481 e. The molecule has 0 bridgehead atoms. The number of allylic oxidation sites excluding steroid dienone is 4. The predicted octanol–water partition coefficient (Wildman–Crippen LogP) is 8.06. The first-order chi connectivity index (χ1) is 14.5. The Labute approximate surface area is 181 Å². The number of rotatable bonds is 5. The highest BCUT2D eigenvalue weighted by molar-refractivity contribution is 5.71. The summed E-state index contributed by atoms with van der Waals surface area (Å²) in [5, 5.41) is 0. The number of para-hydroxylation sites is 1. The summed E-state index contributed by atoms with van der Waals surface area (Å²) in [5.41, 5.74) is 8.05. The van der Waals surface area contributed by atoms with Gasteiger partial charge in [0, 0.05) is 17.9 Å². The maximum Gasteiger partial charge on any atom is 0.0481 e. The Morgan fingerprint density at radius 2 is 1.43 bits per heavy atom. The molecule has 1 aliphatic carbocycles. The second-order valence-electron chi connectivity index (χ2n) is 9.07. The van der Waals surface area contributed by atoms with Crippen LogP contribution in [0.1, 0.15) is 50.3 Å². The number of hydrogen-bond acceptors (Lipinski definition) is 1. The van der Waals surface area contributed by atoms with Crippen molar-refractivity contribution in [2.75, 3.05) is 4.90 Å². The molecule has 30 heavy (non-hydrogen) atoms. The fourth-order valence-corrected chi connectivity index (χ4v) is 3.93. The van der Waals surface area contributed by atoms with Crippen LogP contribution in [0.25, 0.3) is 5.57 Å². The maximum absolute atomic E-state index is 2.39. The molecule has 4 rings (SSSR count). The summed E-state index contributed by atoms with van der Waals surface area (Å²) in [6.07, 6.45) is 8.90. The van der Waals surface area contributed by atoms with Crippen molar-refractivity contribution in [1.82, 2.24) is 0 Å². The van der Waals surface area contributed by atoms with Crippen LogP contribution in [0.5, 0.6) is 0 Å². The molecule has 1 nitrogen and oxygen atoms in total. The van der Waals surface area contributed by atoms with Crippen LogP contribution in [0.15, 0.2) is 97.1 Å². The summed E-state index contributed by atoms with van der Waals surface area (Å²) < 4.78 is 0. The van der Waals surface area contributed by atoms with Crippen molar-refractivity contribution in [2.45, 2.75) is 45.6 Å². The Hall–Kier alpha value is -3.06. The highest BCUT2D eigenvalue weighted by Crippen LogP contribution is 2.31. The molecule has 3 aromatic carbocycles. The Morgan fingerprint density at radius 1 is 0.767 bits per heavy atom. The van der Waals surface area contributed by atoms with Gasteiger partial charge in [-0.15, -0.1) is 0 Å². The Bertz CT molecular complexity index is 1020. The summed E-state index contributed by atoms with van der Waals surface area (Å²) >= 11 is 0. The molecule has 0 saturated heterocycles. The van der Waals surface area contributed by atoms with Crippen molar-refractivity contribution in [2.24, 2.45) is 0 Å². The monoisotopic (exact) mass is 393 g/mol. The molecule has 0 amide bonds. The second kappa shape index (κ2) is 8.75. The molecule has 0 aromatic heterocycles. The minimum absolute atomic E-state index is 0.177. The molecule has 0 radical (unpaired) electrons. The van der Waals surface area contributed by atoms with Crippen molar-refractivity contribution >= 4 is 16.9 Å². The van der Waals surface area contributed by atoms with Crippen LogP contribution in [0.3, 0.4) is 0 Å². The number of nitrogens with zero attached hydrogens (tertiary/aromatic N) is 1. The third-order valence-corrected chi connectivity index (χ3v) is 5.79. The molecule has 0 heterocycles. The third-order valence-electron chi connectivity index (χ3n) is 5.79. The molecule has 0 unspecified atom stereocenters. The molecular formula is C29H31N. The fourth-order valence-electron chi connectivity index (χ4n) is 3.93. The van der Waals surface area contributed by atoms with Gasteiger partial charge < -0.3 is 4.90 Å². The van der Waals surface area contributed by atoms with E-state index in [1.807, 2.05) is 0 Å².